The molecule has 98 valence electrons. The summed E-state index contributed by atoms with van der Waals surface area (Å²) in [6.45, 7) is 0.620. The van der Waals surface area contributed by atoms with E-state index in [1.807, 2.05) is 42.3 Å². The fourth-order valence-corrected chi connectivity index (χ4v) is 2.08. The van der Waals surface area contributed by atoms with Gasteiger partial charge in [0.15, 0.2) is 0 Å². The fourth-order valence-electron chi connectivity index (χ4n) is 2.08. The quantitative estimate of drug-likeness (QED) is 0.863. The van der Waals surface area contributed by atoms with Crippen LogP contribution in [0.25, 0.3) is 0 Å². The number of nitrogens with two attached hydrogens (primary N) is 1. The van der Waals surface area contributed by atoms with Crippen LogP contribution < -0.4 is 10.6 Å². The lowest BCUT2D eigenvalue weighted by Crippen LogP contribution is -2.18. The van der Waals surface area contributed by atoms with Gasteiger partial charge in [0.2, 0.25) is 0 Å². The van der Waals surface area contributed by atoms with Gasteiger partial charge in [-0.05, 0) is 29.8 Å². The van der Waals surface area contributed by atoms with Crippen LogP contribution >= 0.6 is 0 Å². The molecule has 0 aliphatic rings. The zero-order valence-electron chi connectivity index (χ0n) is 11.2. The van der Waals surface area contributed by atoms with Crippen LogP contribution in [0.4, 0.5) is 11.4 Å². The average molecular weight is 262 g/mol. The van der Waals surface area contributed by atoms with E-state index in [-0.39, 0.29) is 0 Å². The molecule has 0 unspecified atom stereocenters. The Morgan fingerprint density at radius 2 is 1.85 bits per heavy atom. The summed E-state index contributed by atoms with van der Waals surface area (Å²) >= 11 is 0. The Kier molecular flexibility index (Phi) is 3.88. The second kappa shape index (κ2) is 5.77. The number of hydrogen-bond donors (Lipinski definition) is 1. The molecule has 0 aliphatic heterocycles. The molecule has 2 aromatic rings. The second-order valence-corrected chi connectivity index (χ2v) is 4.52. The molecule has 0 aromatic heterocycles. The van der Waals surface area contributed by atoms with Crippen molar-refractivity contribution in [3.63, 3.8) is 0 Å². The van der Waals surface area contributed by atoms with Gasteiger partial charge in [0.25, 0.3) is 0 Å². The highest BCUT2D eigenvalue weighted by Gasteiger charge is 2.09. The van der Waals surface area contributed by atoms with Crippen molar-refractivity contribution >= 4 is 11.4 Å². The number of hydrogen-bond acceptors (Lipinski definition) is 4. The van der Waals surface area contributed by atoms with E-state index < -0.39 is 0 Å². The van der Waals surface area contributed by atoms with Gasteiger partial charge in [0, 0.05) is 13.6 Å². The van der Waals surface area contributed by atoms with Crippen LogP contribution in [0.1, 0.15) is 16.7 Å². The predicted molar refractivity (Wildman–Crippen MR) is 78.8 cm³/mol. The summed E-state index contributed by atoms with van der Waals surface area (Å²) < 4.78 is 0. The molecule has 0 aliphatic carbocycles. The number of rotatable bonds is 3. The molecule has 2 N–H and O–H groups in total. The number of anilines is 2. The Morgan fingerprint density at radius 1 is 1.10 bits per heavy atom. The van der Waals surface area contributed by atoms with E-state index in [9.17, 15) is 0 Å². The van der Waals surface area contributed by atoms with Crippen LogP contribution in [0, 0.1) is 22.7 Å². The topological polar surface area (TPSA) is 76.8 Å². The summed E-state index contributed by atoms with van der Waals surface area (Å²) in [5, 5.41) is 17.9. The van der Waals surface area contributed by atoms with Crippen molar-refractivity contribution in [1.29, 1.82) is 10.5 Å². The van der Waals surface area contributed by atoms with Crippen molar-refractivity contribution in [3.8, 4) is 12.1 Å². The first-order chi connectivity index (χ1) is 9.65. The molecule has 0 amide bonds. The number of para-hydroxylation sites is 1. The summed E-state index contributed by atoms with van der Waals surface area (Å²) in [7, 11) is 1.91. The van der Waals surface area contributed by atoms with Crippen LogP contribution in [0.5, 0.6) is 0 Å². The van der Waals surface area contributed by atoms with E-state index in [1.54, 1.807) is 12.1 Å². The minimum atomic E-state index is 0.472. The van der Waals surface area contributed by atoms with Gasteiger partial charge in [-0.2, -0.15) is 10.5 Å². The van der Waals surface area contributed by atoms with Crippen molar-refractivity contribution in [2.24, 2.45) is 0 Å². The molecule has 2 aromatic carbocycles. The van der Waals surface area contributed by atoms with Crippen molar-refractivity contribution in [3.05, 3.63) is 59.2 Å². The van der Waals surface area contributed by atoms with Gasteiger partial charge in [0.05, 0.1) is 28.6 Å². The van der Waals surface area contributed by atoms with Crippen LogP contribution in [0.2, 0.25) is 0 Å². The Hall–Kier alpha value is -2.98. The molecule has 0 fully saturated rings. The Bertz CT molecular complexity index is 707. The lowest BCUT2D eigenvalue weighted by Gasteiger charge is -2.21. The smallest absolute Gasteiger partial charge is 0.101 e. The number of nitrogen functional groups attached to an aromatic ring is 1. The van der Waals surface area contributed by atoms with Gasteiger partial charge in [-0.3, -0.25) is 0 Å². The summed E-state index contributed by atoms with van der Waals surface area (Å²) in [5.74, 6) is 0. The van der Waals surface area contributed by atoms with Crippen molar-refractivity contribution < 1.29 is 0 Å². The van der Waals surface area contributed by atoms with Gasteiger partial charge in [0.1, 0.15) is 6.07 Å². The zero-order valence-corrected chi connectivity index (χ0v) is 11.2. The van der Waals surface area contributed by atoms with Gasteiger partial charge >= 0.3 is 0 Å². The molecule has 0 atom stereocenters. The molecule has 0 saturated carbocycles. The van der Waals surface area contributed by atoms with E-state index in [1.165, 1.54) is 0 Å². The molecular weight excluding hydrogens is 248 g/mol. The standard InChI is InChI=1S/C16H14N4/c1-20(11-13-5-2-4-12(8-13)9-17)15-7-3-6-14(10-18)16(15)19/h2-8H,11,19H2,1H3. The van der Waals surface area contributed by atoms with Gasteiger partial charge in [-0.15, -0.1) is 0 Å². The van der Waals surface area contributed by atoms with Crippen molar-refractivity contribution in [1.82, 2.24) is 0 Å². The highest BCUT2D eigenvalue weighted by Crippen LogP contribution is 2.26. The highest BCUT2D eigenvalue weighted by atomic mass is 15.1. The first-order valence-corrected chi connectivity index (χ1v) is 6.14. The second-order valence-electron chi connectivity index (χ2n) is 4.52. The van der Waals surface area contributed by atoms with Gasteiger partial charge < -0.3 is 10.6 Å². The first kappa shape index (κ1) is 13.5. The number of nitrogens with zero attached hydrogens (tertiary/aromatic N) is 3. The maximum absolute atomic E-state index is 9.00. The molecule has 0 heterocycles. The third-order valence-electron chi connectivity index (χ3n) is 3.09. The minimum absolute atomic E-state index is 0.472. The highest BCUT2D eigenvalue weighted by molar-refractivity contribution is 5.73. The van der Waals surface area contributed by atoms with Gasteiger partial charge in [-0.1, -0.05) is 18.2 Å². The van der Waals surface area contributed by atoms with Crippen LogP contribution in [-0.2, 0) is 6.54 Å². The maximum atomic E-state index is 9.00. The maximum Gasteiger partial charge on any atom is 0.101 e. The SMILES string of the molecule is CN(Cc1cccc(C#N)c1)c1cccc(C#N)c1N. The third-order valence-corrected chi connectivity index (χ3v) is 3.09. The molecule has 0 spiro atoms. The lowest BCUT2D eigenvalue weighted by molar-refractivity contribution is 0.924. The molecule has 20 heavy (non-hydrogen) atoms. The fraction of sp³-hybridized carbons (Fsp3) is 0.125. The Labute approximate surface area is 118 Å². The summed E-state index contributed by atoms with van der Waals surface area (Å²) in [4.78, 5) is 1.96. The van der Waals surface area contributed by atoms with E-state index in [2.05, 4.69) is 12.1 Å². The monoisotopic (exact) mass is 262 g/mol. The molecule has 4 heteroatoms. The van der Waals surface area contributed by atoms with Crippen molar-refractivity contribution in [2.75, 3.05) is 17.7 Å². The van der Waals surface area contributed by atoms with Crippen LogP contribution in [-0.4, -0.2) is 7.05 Å². The van der Waals surface area contributed by atoms with Crippen LogP contribution in [0.3, 0.4) is 0 Å². The first-order valence-electron chi connectivity index (χ1n) is 6.14. The van der Waals surface area contributed by atoms with E-state index in [0.29, 0.717) is 23.4 Å². The molecule has 0 bridgehead atoms. The van der Waals surface area contributed by atoms with Crippen LogP contribution in [0.15, 0.2) is 42.5 Å². The Morgan fingerprint density at radius 3 is 2.55 bits per heavy atom. The molecular formula is C16H14N4. The summed E-state index contributed by atoms with van der Waals surface area (Å²) in [6.07, 6.45) is 0. The van der Waals surface area contributed by atoms with E-state index >= 15 is 0 Å². The molecule has 0 radical (unpaired) electrons. The minimum Gasteiger partial charge on any atom is -0.396 e. The number of benzene rings is 2. The van der Waals surface area contributed by atoms with E-state index in [4.69, 9.17) is 16.3 Å². The largest absolute Gasteiger partial charge is 0.396 e. The third kappa shape index (κ3) is 2.71. The van der Waals surface area contributed by atoms with E-state index in [0.717, 1.165) is 11.3 Å². The zero-order chi connectivity index (χ0) is 14.5. The molecule has 2 rings (SSSR count). The summed E-state index contributed by atoms with van der Waals surface area (Å²) in [5.41, 5.74) is 9.41. The lowest BCUT2D eigenvalue weighted by atomic mass is 10.1. The predicted octanol–water partition coefficient (Wildman–Crippen LogP) is 2.65. The number of nitriles is 2. The molecule has 4 nitrogen and oxygen atoms in total. The van der Waals surface area contributed by atoms with Gasteiger partial charge in [-0.25, -0.2) is 0 Å². The summed E-state index contributed by atoms with van der Waals surface area (Å²) in [6, 6.07) is 17.0. The van der Waals surface area contributed by atoms with Crippen molar-refractivity contribution in [2.45, 2.75) is 6.54 Å². The average Bonchev–Trinajstić information content (AvgIpc) is 2.47. The molecule has 0 saturated heterocycles. The normalized spacial score (nSPS) is 9.55. The Balaban J connectivity index is 2.27.